The highest BCUT2D eigenvalue weighted by Crippen LogP contribution is 2.42. The van der Waals surface area contributed by atoms with Gasteiger partial charge < -0.3 is 64.5 Å². The largest absolute Gasteiger partial charge is 0.420 e. The summed E-state index contributed by atoms with van der Waals surface area (Å²) < 4.78 is 24.9. The number of rotatable bonds is 4. The van der Waals surface area contributed by atoms with E-state index >= 15 is 0 Å². The lowest BCUT2D eigenvalue weighted by molar-refractivity contribution is -0.480. The van der Waals surface area contributed by atoms with Crippen LogP contribution in [0.4, 0.5) is 0 Å². The number of hydrogen-bond donors (Lipinski definition) is 8. The first kappa shape index (κ1) is 23.9. The van der Waals surface area contributed by atoms with Crippen molar-refractivity contribution in [1.82, 2.24) is 0 Å². The maximum absolute atomic E-state index is 11.9. The molecule has 0 aromatic carbocycles. The van der Waals surface area contributed by atoms with E-state index in [1.165, 1.54) is 0 Å². The smallest absolute Gasteiger partial charge is 0.333 e. The van der Waals surface area contributed by atoms with Gasteiger partial charge in [-0.05, 0) is 0 Å². The van der Waals surface area contributed by atoms with Gasteiger partial charge in [-0.2, -0.15) is 0 Å². The lowest BCUT2D eigenvalue weighted by Crippen LogP contribution is -2.77. The first-order valence-electron chi connectivity index (χ1n) is 8.97. The molecule has 0 amide bonds. The molecule has 0 aromatic heterocycles. The van der Waals surface area contributed by atoms with E-state index in [-0.39, 0.29) is 0 Å². The van der Waals surface area contributed by atoms with Gasteiger partial charge in [0, 0.05) is 12.2 Å². The zero-order valence-electron chi connectivity index (χ0n) is 15.6. The van der Waals surface area contributed by atoms with E-state index in [0.29, 0.717) is 12.2 Å². The fraction of sp³-hybridized carbons (Fsp3) is 0.750. The molecule has 0 saturated carbocycles. The van der Waals surface area contributed by atoms with E-state index in [0.717, 1.165) is 0 Å². The van der Waals surface area contributed by atoms with Crippen LogP contribution in [0.2, 0.25) is 0 Å². The van der Waals surface area contributed by atoms with Crippen molar-refractivity contribution >= 4 is 11.9 Å². The standard InChI is InChI=1S/C16H22O15/c17-3-5-11(8(21)9(22)13(25)27-5)28-14-10(23)12(24)16(26)15(4-18,31-14)29-6(19)1-2-7(20)30-16/h1-2,5,8-14,17-18,21-26H,3-4H2/b2-1-/t5-,8-,9-,10-,11-,12+,13-,14+,15+,16-/m1/s1. The molecule has 2 saturated heterocycles. The molecule has 3 rings (SSSR count). The number of aliphatic hydroxyl groups is 8. The lowest BCUT2D eigenvalue weighted by atomic mass is 9.91. The summed E-state index contributed by atoms with van der Waals surface area (Å²) in [5.74, 6) is -8.95. The van der Waals surface area contributed by atoms with Gasteiger partial charge in [-0.15, -0.1) is 0 Å². The van der Waals surface area contributed by atoms with Gasteiger partial charge in [0.2, 0.25) is 0 Å². The Balaban J connectivity index is 1.94. The van der Waals surface area contributed by atoms with Gasteiger partial charge in [0.25, 0.3) is 0 Å². The van der Waals surface area contributed by atoms with Gasteiger partial charge in [0.15, 0.2) is 18.7 Å². The van der Waals surface area contributed by atoms with Crippen LogP contribution in [-0.4, -0.2) is 127 Å². The molecular weight excluding hydrogens is 432 g/mol. The quantitative estimate of drug-likeness (QED) is 0.184. The van der Waals surface area contributed by atoms with E-state index in [1.54, 1.807) is 0 Å². The Bertz CT molecular complexity index is 726. The predicted molar refractivity (Wildman–Crippen MR) is 87.8 cm³/mol. The average molecular weight is 454 g/mol. The normalized spacial score (nSPS) is 49.3. The molecule has 0 bridgehead atoms. The Morgan fingerprint density at radius 3 is 2.13 bits per heavy atom. The van der Waals surface area contributed by atoms with Crippen LogP contribution in [0.3, 0.4) is 0 Å². The van der Waals surface area contributed by atoms with Gasteiger partial charge in [-0.25, -0.2) is 9.59 Å². The maximum Gasteiger partial charge on any atom is 0.333 e. The molecule has 15 heteroatoms. The monoisotopic (exact) mass is 454 g/mol. The van der Waals surface area contributed by atoms with E-state index in [4.69, 9.17) is 18.9 Å². The van der Waals surface area contributed by atoms with Crippen molar-refractivity contribution in [3.63, 3.8) is 0 Å². The van der Waals surface area contributed by atoms with Crippen LogP contribution in [0.25, 0.3) is 0 Å². The lowest BCUT2D eigenvalue weighted by Gasteiger charge is -2.53. The topological polar surface area (TPSA) is 242 Å². The second-order valence-corrected chi connectivity index (χ2v) is 7.03. The summed E-state index contributed by atoms with van der Waals surface area (Å²) in [7, 11) is 0. The summed E-state index contributed by atoms with van der Waals surface area (Å²) in [6.45, 7) is -2.25. The minimum absolute atomic E-state index is 0.553. The van der Waals surface area contributed by atoms with Crippen molar-refractivity contribution in [2.75, 3.05) is 13.2 Å². The number of fused-ring (bicyclic) bond motifs is 1. The fourth-order valence-electron chi connectivity index (χ4n) is 3.38. The third-order valence-corrected chi connectivity index (χ3v) is 5.07. The van der Waals surface area contributed by atoms with E-state index in [2.05, 4.69) is 4.74 Å². The van der Waals surface area contributed by atoms with Gasteiger partial charge in [0.05, 0.1) is 6.61 Å². The van der Waals surface area contributed by atoms with Crippen molar-refractivity contribution in [3.05, 3.63) is 12.2 Å². The zero-order valence-corrected chi connectivity index (χ0v) is 15.6. The Morgan fingerprint density at radius 1 is 0.935 bits per heavy atom. The van der Waals surface area contributed by atoms with Crippen molar-refractivity contribution in [3.8, 4) is 0 Å². The van der Waals surface area contributed by atoms with Crippen LogP contribution in [0.1, 0.15) is 0 Å². The summed E-state index contributed by atoms with van der Waals surface area (Å²) in [6, 6.07) is 0. The molecule has 31 heavy (non-hydrogen) atoms. The summed E-state index contributed by atoms with van der Waals surface area (Å²) in [5.41, 5.74) is 0. The second-order valence-electron chi connectivity index (χ2n) is 7.03. The summed E-state index contributed by atoms with van der Waals surface area (Å²) in [6.07, 6.45) is -14.6. The molecule has 0 spiro atoms. The number of carbonyl (C=O) groups excluding carboxylic acids is 2. The zero-order chi connectivity index (χ0) is 23.1. The van der Waals surface area contributed by atoms with Crippen molar-refractivity contribution in [2.45, 2.75) is 60.8 Å². The number of esters is 2. The molecule has 0 aromatic rings. The molecule has 3 aliphatic rings. The molecule has 0 radical (unpaired) electrons. The first-order chi connectivity index (χ1) is 14.5. The van der Waals surface area contributed by atoms with Crippen LogP contribution in [0.5, 0.6) is 0 Å². The molecule has 10 atom stereocenters. The maximum atomic E-state index is 11.9. The third kappa shape index (κ3) is 3.94. The highest BCUT2D eigenvalue weighted by atomic mass is 16.8. The molecule has 0 unspecified atom stereocenters. The molecule has 176 valence electrons. The van der Waals surface area contributed by atoms with Crippen LogP contribution in [0.15, 0.2) is 12.2 Å². The molecule has 8 N–H and O–H groups in total. The van der Waals surface area contributed by atoms with Crippen LogP contribution >= 0.6 is 0 Å². The number of ether oxygens (including phenoxy) is 5. The van der Waals surface area contributed by atoms with Gasteiger partial charge in [-0.1, -0.05) is 0 Å². The fourth-order valence-corrected chi connectivity index (χ4v) is 3.38. The molecule has 3 aliphatic heterocycles. The average Bonchev–Trinajstić information content (AvgIpc) is 2.73. The Morgan fingerprint density at radius 2 is 1.55 bits per heavy atom. The summed E-state index contributed by atoms with van der Waals surface area (Å²) in [4.78, 5) is 23.7. The van der Waals surface area contributed by atoms with Gasteiger partial charge >= 0.3 is 23.5 Å². The number of hydrogen-bond acceptors (Lipinski definition) is 15. The van der Waals surface area contributed by atoms with Crippen molar-refractivity contribution < 1.29 is 74.1 Å². The summed E-state index contributed by atoms with van der Waals surface area (Å²) >= 11 is 0. The number of aliphatic hydroxyl groups excluding tert-OH is 7. The SMILES string of the molecule is O=C1/C=C\C(=O)O[C@]2(O)[C@@H](O)[C@@H](O)[C@@H](O[C@H]3[C@H](O)[C@@H](O)[C@H](O)O[C@@H]3CO)O[C@]2(CO)O1. The van der Waals surface area contributed by atoms with Gasteiger partial charge in [0.1, 0.15) is 37.1 Å². The van der Waals surface area contributed by atoms with Crippen LogP contribution in [0, 0.1) is 0 Å². The highest BCUT2D eigenvalue weighted by Gasteiger charge is 2.70. The van der Waals surface area contributed by atoms with Crippen molar-refractivity contribution in [2.24, 2.45) is 0 Å². The second kappa shape index (κ2) is 8.64. The van der Waals surface area contributed by atoms with Gasteiger partial charge in [-0.3, -0.25) is 0 Å². The first-order valence-corrected chi connectivity index (χ1v) is 8.97. The summed E-state index contributed by atoms with van der Waals surface area (Å²) in [5, 5.41) is 80.3. The third-order valence-electron chi connectivity index (χ3n) is 5.07. The Labute approximate surface area is 173 Å². The Hall–Kier alpha value is -1.76. The highest BCUT2D eigenvalue weighted by molar-refractivity contribution is 5.92. The predicted octanol–water partition coefficient (Wildman–Crippen LogP) is -6.09. The molecule has 15 nitrogen and oxygen atoms in total. The minimum Gasteiger partial charge on any atom is -0.420 e. The minimum atomic E-state index is -3.30. The van der Waals surface area contributed by atoms with Crippen LogP contribution in [-0.2, 0) is 33.3 Å². The van der Waals surface area contributed by atoms with Crippen molar-refractivity contribution in [1.29, 1.82) is 0 Å². The molecule has 3 heterocycles. The molecule has 0 aliphatic carbocycles. The molecular formula is C16H22O15. The molecule has 2 fully saturated rings. The number of carbonyl (C=O) groups is 2. The van der Waals surface area contributed by atoms with Crippen LogP contribution < -0.4 is 0 Å². The van der Waals surface area contributed by atoms with E-state index < -0.39 is 85.9 Å². The van der Waals surface area contributed by atoms with E-state index in [1.807, 2.05) is 0 Å². The Kier molecular flexibility index (Phi) is 6.66. The van der Waals surface area contributed by atoms with E-state index in [9.17, 15) is 50.4 Å².